The molecule has 0 aromatic heterocycles. The van der Waals surface area contributed by atoms with Crippen LogP contribution in [0.2, 0.25) is 0 Å². The Balaban J connectivity index is 4.30. The van der Waals surface area contributed by atoms with Gasteiger partial charge in [-0.05, 0) is 57.8 Å². The summed E-state index contributed by atoms with van der Waals surface area (Å²) in [5.74, 6) is -0.864. The van der Waals surface area contributed by atoms with Crippen LogP contribution in [-0.4, -0.2) is 37.2 Å². The molecule has 6 heteroatoms. The molecule has 432 valence electrons. The van der Waals surface area contributed by atoms with Gasteiger partial charge in [0.1, 0.15) is 13.2 Å². The number of carbonyl (C=O) groups is 3. The number of esters is 3. The molecule has 0 aliphatic carbocycles. The number of ether oxygens (including phenoxy) is 3. The maximum atomic E-state index is 12.9. The van der Waals surface area contributed by atoms with Gasteiger partial charge in [0.15, 0.2) is 6.10 Å². The summed E-state index contributed by atoms with van der Waals surface area (Å²) in [5, 5.41) is 0. The second kappa shape index (κ2) is 62.9. The maximum absolute atomic E-state index is 12.9. The van der Waals surface area contributed by atoms with Crippen molar-refractivity contribution in [1.29, 1.82) is 0 Å². The van der Waals surface area contributed by atoms with Crippen molar-refractivity contribution in [3.8, 4) is 0 Å². The fraction of sp³-hybridized carbons (Fsp3) is 0.838. The molecular formula is C68H124O6. The first-order valence-electron chi connectivity index (χ1n) is 32.6. The average molecular weight is 1040 g/mol. The van der Waals surface area contributed by atoms with E-state index in [2.05, 4.69) is 69.4 Å². The lowest BCUT2D eigenvalue weighted by molar-refractivity contribution is -0.167. The Morgan fingerprint density at radius 1 is 0.284 bits per heavy atom. The topological polar surface area (TPSA) is 78.9 Å². The summed E-state index contributed by atoms with van der Waals surface area (Å²) in [6, 6.07) is 0. The molecule has 0 heterocycles. The highest BCUT2D eigenvalue weighted by Gasteiger charge is 2.19. The molecule has 0 aliphatic heterocycles. The van der Waals surface area contributed by atoms with Crippen LogP contribution >= 0.6 is 0 Å². The fourth-order valence-electron chi connectivity index (χ4n) is 9.73. The smallest absolute Gasteiger partial charge is 0.306 e. The van der Waals surface area contributed by atoms with E-state index in [1.165, 1.54) is 212 Å². The third-order valence-electron chi connectivity index (χ3n) is 14.6. The summed E-state index contributed by atoms with van der Waals surface area (Å²) in [7, 11) is 0. The molecule has 0 rings (SSSR count). The van der Waals surface area contributed by atoms with Gasteiger partial charge in [-0.3, -0.25) is 14.4 Å². The second-order valence-electron chi connectivity index (χ2n) is 22.0. The van der Waals surface area contributed by atoms with Crippen LogP contribution in [-0.2, 0) is 28.6 Å². The number of hydrogen-bond donors (Lipinski definition) is 0. The summed E-state index contributed by atoms with van der Waals surface area (Å²) in [5.41, 5.74) is 0. The van der Waals surface area contributed by atoms with Crippen molar-refractivity contribution >= 4 is 17.9 Å². The lowest BCUT2D eigenvalue weighted by Crippen LogP contribution is -2.30. The zero-order chi connectivity index (χ0) is 53.6. The van der Waals surface area contributed by atoms with Gasteiger partial charge >= 0.3 is 17.9 Å². The minimum absolute atomic E-state index is 0.0741. The molecule has 74 heavy (non-hydrogen) atoms. The monoisotopic (exact) mass is 1040 g/mol. The molecule has 0 saturated heterocycles. The normalized spacial score (nSPS) is 12.3. The third-order valence-corrected chi connectivity index (χ3v) is 14.6. The Hall–Kier alpha value is -2.63. The van der Waals surface area contributed by atoms with Crippen molar-refractivity contribution in [3.05, 3.63) is 48.6 Å². The van der Waals surface area contributed by atoms with Gasteiger partial charge in [0.25, 0.3) is 0 Å². The predicted octanol–water partition coefficient (Wildman–Crippen LogP) is 22.2. The van der Waals surface area contributed by atoms with Crippen molar-refractivity contribution in [2.45, 2.75) is 354 Å². The van der Waals surface area contributed by atoms with Crippen molar-refractivity contribution in [1.82, 2.24) is 0 Å². The molecular weight excluding hydrogens is 913 g/mol. The van der Waals surface area contributed by atoms with E-state index >= 15 is 0 Å². The molecule has 6 nitrogen and oxygen atoms in total. The van der Waals surface area contributed by atoms with Crippen molar-refractivity contribution in [2.24, 2.45) is 0 Å². The fourth-order valence-corrected chi connectivity index (χ4v) is 9.73. The Bertz CT molecular complexity index is 1280. The molecule has 0 saturated carbocycles. The molecule has 0 spiro atoms. The van der Waals surface area contributed by atoms with E-state index in [1.807, 2.05) is 0 Å². The predicted molar refractivity (Wildman–Crippen MR) is 321 cm³/mol. The average Bonchev–Trinajstić information content (AvgIpc) is 3.40. The van der Waals surface area contributed by atoms with Crippen molar-refractivity contribution < 1.29 is 28.6 Å². The van der Waals surface area contributed by atoms with Gasteiger partial charge in [-0.1, -0.05) is 320 Å². The van der Waals surface area contributed by atoms with Gasteiger partial charge in [-0.25, -0.2) is 0 Å². The first-order valence-corrected chi connectivity index (χ1v) is 32.6. The Kier molecular flexibility index (Phi) is 60.7. The molecule has 0 aromatic rings. The molecule has 0 radical (unpaired) electrons. The van der Waals surface area contributed by atoms with Crippen LogP contribution in [0.15, 0.2) is 48.6 Å². The summed E-state index contributed by atoms with van der Waals surface area (Å²) >= 11 is 0. The number of hydrogen-bond acceptors (Lipinski definition) is 6. The van der Waals surface area contributed by atoms with Gasteiger partial charge in [0, 0.05) is 19.3 Å². The van der Waals surface area contributed by atoms with Crippen LogP contribution in [0.1, 0.15) is 348 Å². The van der Waals surface area contributed by atoms with Gasteiger partial charge in [0.05, 0.1) is 0 Å². The van der Waals surface area contributed by atoms with E-state index in [-0.39, 0.29) is 31.1 Å². The SMILES string of the molecule is CC/C=C\C/C=C\C/C=C\C/C=C\CCCCCCCCC(=O)OC(COC(=O)CCCCCCCCCCCCCCCC)COC(=O)CCCCCCCCCCCCCCCCCCCCCCCCC. The van der Waals surface area contributed by atoms with Crippen molar-refractivity contribution in [2.75, 3.05) is 13.2 Å². The lowest BCUT2D eigenvalue weighted by atomic mass is 10.0. The minimum atomic E-state index is -0.778. The molecule has 0 aliphatic rings. The lowest BCUT2D eigenvalue weighted by Gasteiger charge is -2.18. The van der Waals surface area contributed by atoms with Crippen LogP contribution < -0.4 is 0 Å². The van der Waals surface area contributed by atoms with E-state index in [0.29, 0.717) is 19.3 Å². The van der Waals surface area contributed by atoms with Gasteiger partial charge in [0.2, 0.25) is 0 Å². The summed E-state index contributed by atoms with van der Waals surface area (Å²) in [4.78, 5) is 38.3. The number of allylic oxidation sites excluding steroid dienone is 8. The van der Waals surface area contributed by atoms with Gasteiger partial charge < -0.3 is 14.2 Å². The van der Waals surface area contributed by atoms with E-state index in [0.717, 1.165) is 96.3 Å². The molecule has 1 atom stereocenters. The molecule has 0 N–H and O–H groups in total. The summed E-state index contributed by atoms with van der Waals surface area (Å²) in [6.45, 7) is 6.58. The van der Waals surface area contributed by atoms with E-state index in [4.69, 9.17) is 14.2 Å². The number of unbranched alkanes of at least 4 members (excludes halogenated alkanes) is 41. The second-order valence-corrected chi connectivity index (χ2v) is 22.0. The van der Waals surface area contributed by atoms with Crippen LogP contribution in [0, 0.1) is 0 Å². The maximum Gasteiger partial charge on any atom is 0.306 e. The molecule has 0 bridgehead atoms. The standard InChI is InChI=1S/C68H124O6/c1-4-7-10-13-16-19-22-25-28-30-32-33-34-35-37-38-40-43-46-49-52-55-58-61-67(70)73-64-65(63-72-66(69)60-57-54-51-48-45-42-27-24-21-18-15-12-9-6-3)74-68(71)62-59-56-53-50-47-44-41-39-36-31-29-26-23-20-17-14-11-8-5-2/h8,11,17,20,26,29,36,39,65H,4-7,9-10,12-16,18-19,21-25,27-28,30-35,37-38,40-64H2,1-3H3/b11-8-,20-17-,29-26-,39-36-. The van der Waals surface area contributed by atoms with E-state index < -0.39 is 6.10 Å². The largest absolute Gasteiger partial charge is 0.462 e. The van der Waals surface area contributed by atoms with Crippen LogP contribution in [0.5, 0.6) is 0 Å². The first-order chi connectivity index (χ1) is 36.5. The molecule has 0 aromatic carbocycles. The molecule has 0 amide bonds. The molecule has 1 unspecified atom stereocenters. The minimum Gasteiger partial charge on any atom is -0.462 e. The highest BCUT2D eigenvalue weighted by molar-refractivity contribution is 5.71. The van der Waals surface area contributed by atoms with E-state index in [9.17, 15) is 14.4 Å². The highest BCUT2D eigenvalue weighted by Crippen LogP contribution is 2.18. The van der Waals surface area contributed by atoms with Gasteiger partial charge in [-0.15, -0.1) is 0 Å². The van der Waals surface area contributed by atoms with Gasteiger partial charge in [-0.2, -0.15) is 0 Å². The van der Waals surface area contributed by atoms with Crippen LogP contribution in [0.25, 0.3) is 0 Å². The highest BCUT2D eigenvalue weighted by atomic mass is 16.6. The number of carbonyl (C=O) groups excluding carboxylic acids is 3. The van der Waals surface area contributed by atoms with Crippen LogP contribution in [0.4, 0.5) is 0 Å². The quantitative estimate of drug-likeness (QED) is 0.0261. The zero-order valence-corrected chi connectivity index (χ0v) is 49.6. The number of rotatable bonds is 60. The third kappa shape index (κ3) is 60.2. The Labute approximate surface area is 460 Å². The van der Waals surface area contributed by atoms with E-state index in [1.54, 1.807) is 0 Å². The van der Waals surface area contributed by atoms with Crippen molar-refractivity contribution in [3.63, 3.8) is 0 Å². The first kappa shape index (κ1) is 71.4. The van der Waals surface area contributed by atoms with Crippen LogP contribution in [0.3, 0.4) is 0 Å². The zero-order valence-electron chi connectivity index (χ0n) is 49.6. The summed E-state index contributed by atoms with van der Waals surface area (Å²) < 4.78 is 16.9. The Morgan fingerprint density at radius 3 is 0.824 bits per heavy atom. The summed E-state index contributed by atoms with van der Waals surface area (Å²) in [6.07, 6.45) is 78.3. The Morgan fingerprint density at radius 2 is 0.527 bits per heavy atom. The molecule has 0 fully saturated rings.